The predicted molar refractivity (Wildman–Crippen MR) is 89.1 cm³/mol. The Kier molecular flexibility index (Phi) is 6.97. The van der Waals surface area contributed by atoms with Crippen LogP contribution in [0.5, 0.6) is 11.5 Å². The lowest BCUT2D eigenvalue weighted by atomic mass is 9.90. The number of piperidine rings is 1. The molecule has 124 valence electrons. The van der Waals surface area contributed by atoms with Crippen LogP contribution in [0.25, 0.3) is 0 Å². The van der Waals surface area contributed by atoms with E-state index in [4.69, 9.17) is 15.2 Å². The Hall–Kier alpha value is -1.46. The number of hydrogen-bond acceptors (Lipinski definition) is 4. The zero-order valence-corrected chi connectivity index (χ0v) is 14.2. The van der Waals surface area contributed by atoms with Gasteiger partial charge < -0.3 is 20.1 Å². The summed E-state index contributed by atoms with van der Waals surface area (Å²) >= 11 is 0. The molecule has 5 nitrogen and oxygen atoms in total. The van der Waals surface area contributed by atoms with Crippen LogP contribution in [0.2, 0.25) is 0 Å². The maximum absolute atomic E-state index is 12.9. The number of hydrogen-bond donors (Lipinski definition) is 1. The van der Waals surface area contributed by atoms with Gasteiger partial charge in [0.05, 0.1) is 19.8 Å². The fourth-order valence-electron chi connectivity index (χ4n) is 3.07. The second-order valence-corrected chi connectivity index (χ2v) is 5.46. The molecule has 0 aromatic heterocycles. The number of halogens is 1. The molecule has 1 saturated heterocycles. The van der Waals surface area contributed by atoms with Gasteiger partial charge in [-0.25, -0.2) is 0 Å². The molecule has 0 radical (unpaired) electrons. The van der Waals surface area contributed by atoms with Crippen molar-refractivity contribution in [1.29, 1.82) is 0 Å². The van der Waals surface area contributed by atoms with Gasteiger partial charge in [0, 0.05) is 19.1 Å². The van der Waals surface area contributed by atoms with Gasteiger partial charge >= 0.3 is 0 Å². The first-order valence-electron chi connectivity index (χ1n) is 7.36. The minimum absolute atomic E-state index is 0. The molecule has 2 atom stereocenters. The van der Waals surface area contributed by atoms with Crippen molar-refractivity contribution < 1.29 is 14.3 Å². The molecule has 0 spiro atoms. The lowest BCUT2D eigenvalue weighted by Crippen LogP contribution is -2.51. The summed E-state index contributed by atoms with van der Waals surface area (Å²) < 4.78 is 10.6. The Morgan fingerprint density at radius 2 is 2.09 bits per heavy atom. The molecule has 1 aromatic rings. The van der Waals surface area contributed by atoms with Gasteiger partial charge in [-0.2, -0.15) is 0 Å². The third-order valence-corrected chi connectivity index (χ3v) is 4.25. The largest absolute Gasteiger partial charge is 0.493 e. The Balaban J connectivity index is 0.00000242. The lowest BCUT2D eigenvalue weighted by molar-refractivity contribution is 0.0529. The Morgan fingerprint density at radius 1 is 1.36 bits per heavy atom. The second kappa shape index (κ2) is 8.25. The number of nitrogens with two attached hydrogens (primary N) is 1. The number of carbonyl (C=O) groups is 1. The van der Waals surface area contributed by atoms with E-state index in [-0.39, 0.29) is 24.4 Å². The van der Waals surface area contributed by atoms with Gasteiger partial charge in [0.25, 0.3) is 5.91 Å². The Bertz CT molecular complexity index is 510. The maximum Gasteiger partial charge on any atom is 0.258 e. The van der Waals surface area contributed by atoms with E-state index in [1.165, 1.54) is 0 Å². The number of amides is 1. The van der Waals surface area contributed by atoms with Gasteiger partial charge in [-0.15, -0.1) is 12.4 Å². The van der Waals surface area contributed by atoms with Crippen LogP contribution in [0.1, 0.15) is 30.1 Å². The quantitative estimate of drug-likeness (QED) is 0.921. The van der Waals surface area contributed by atoms with Crippen molar-refractivity contribution in [3.63, 3.8) is 0 Å². The summed E-state index contributed by atoms with van der Waals surface area (Å²) in [4.78, 5) is 14.8. The lowest BCUT2D eigenvalue weighted by Gasteiger charge is -2.39. The highest BCUT2D eigenvalue weighted by molar-refractivity contribution is 5.98. The molecule has 1 amide bonds. The number of methoxy groups -OCH3 is 2. The fraction of sp³-hybridized carbons (Fsp3) is 0.562. The SMILES string of the molecule is COc1cccc(C(=O)N2CCCC(C)C2CN)c1OC.Cl. The van der Waals surface area contributed by atoms with Gasteiger partial charge in [0.2, 0.25) is 0 Å². The summed E-state index contributed by atoms with van der Waals surface area (Å²) in [6.45, 7) is 3.38. The molecule has 1 heterocycles. The summed E-state index contributed by atoms with van der Waals surface area (Å²) in [5.41, 5.74) is 6.41. The Labute approximate surface area is 138 Å². The van der Waals surface area contributed by atoms with Crippen molar-refractivity contribution in [2.75, 3.05) is 27.3 Å². The molecular weight excluding hydrogens is 304 g/mol. The molecule has 1 aliphatic heterocycles. The third kappa shape index (κ3) is 3.47. The van der Waals surface area contributed by atoms with Crippen molar-refractivity contribution in [2.45, 2.75) is 25.8 Å². The summed E-state index contributed by atoms with van der Waals surface area (Å²) in [5.74, 6) is 1.44. The highest BCUT2D eigenvalue weighted by atomic mass is 35.5. The minimum Gasteiger partial charge on any atom is -0.493 e. The molecule has 22 heavy (non-hydrogen) atoms. The van der Waals surface area contributed by atoms with Gasteiger partial charge in [0.1, 0.15) is 0 Å². The molecular formula is C16H25ClN2O3. The fourth-order valence-corrected chi connectivity index (χ4v) is 3.07. The summed E-state index contributed by atoms with van der Waals surface area (Å²) in [6.07, 6.45) is 2.12. The van der Waals surface area contributed by atoms with Crippen LogP contribution in [-0.4, -0.2) is 44.2 Å². The van der Waals surface area contributed by atoms with Crippen LogP contribution in [-0.2, 0) is 0 Å². The van der Waals surface area contributed by atoms with E-state index in [1.807, 2.05) is 4.90 Å². The van der Waals surface area contributed by atoms with E-state index in [0.29, 0.717) is 29.5 Å². The molecule has 1 aliphatic rings. The molecule has 2 unspecified atom stereocenters. The van der Waals surface area contributed by atoms with E-state index in [1.54, 1.807) is 32.4 Å². The molecule has 1 fully saturated rings. The number of likely N-dealkylation sites (tertiary alicyclic amines) is 1. The van der Waals surface area contributed by atoms with Crippen molar-refractivity contribution in [1.82, 2.24) is 4.90 Å². The van der Waals surface area contributed by atoms with Crippen LogP contribution in [0, 0.1) is 5.92 Å². The van der Waals surface area contributed by atoms with E-state index >= 15 is 0 Å². The van der Waals surface area contributed by atoms with Crippen molar-refractivity contribution in [2.24, 2.45) is 11.7 Å². The highest BCUT2D eigenvalue weighted by Crippen LogP contribution is 2.33. The number of nitrogens with zero attached hydrogens (tertiary/aromatic N) is 1. The Morgan fingerprint density at radius 3 is 2.68 bits per heavy atom. The monoisotopic (exact) mass is 328 g/mol. The number of benzene rings is 1. The molecule has 0 saturated carbocycles. The van der Waals surface area contributed by atoms with Gasteiger partial charge in [-0.1, -0.05) is 13.0 Å². The predicted octanol–water partition coefficient (Wildman–Crippen LogP) is 2.33. The standard InChI is InChI=1S/C16H24N2O3.ClH/c1-11-6-5-9-18(13(11)10-17)16(19)12-7-4-8-14(20-2)15(12)21-3;/h4,7-8,11,13H,5-6,9-10,17H2,1-3H3;1H. The minimum atomic E-state index is -0.0345. The molecule has 2 N–H and O–H groups in total. The maximum atomic E-state index is 12.9. The number of rotatable bonds is 4. The van der Waals surface area contributed by atoms with Crippen molar-refractivity contribution >= 4 is 18.3 Å². The van der Waals surface area contributed by atoms with Gasteiger partial charge in [-0.05, 0) is 30.9 Å². The zero-order valence-electron chi connectivity index (χ0n) is 13.4. The molecule has 0 aliphatic carbocycles. The number of para-hydroxylation sites is 1. The smallest absolute Gasteiger partial charge is 0.258 e. The normalized spacial score (nSPS) is 21.0. The zero-order chi connectivity index (χ0) is 15.4. The first kappa shape index (κ1) is 18.6. The van der Waals surface area contributed by atoms with Crippen LogP contribution in [0.15, 0.2) is 18.2 Å². The van der Waals surface area contributed by atoms with Gasteiger partial charge in [0.15, 0.2) is 11.5 Å². The third-order valence-electron chi connectivity index (χ3n) is 4.25. The van der Waals surface area contributed by atoms with Crippen LogP contribution in [0.4, 0.5) is 0 Å². The second-order valence-electron chi connectivity index (χ2n) is 5.46. The molecule has 2 rings (SSSR count). The van der Waals surface area contributed by atoms with Crippen molar-refractivity contribution in [3.05, 3.63) is 23.8 Å². The average molecular weight is 329 g/mol. The van der Waals surface area contributed by atoms with Crippen LogP contribution < -0.4 is 15.2 Å². The number of carbonyl (C=O) groups excluding carboxylic acids is 1. The molecule has 6 heteroatoms. The first-order chi connectivity index (χ1) is 10.1. The molecule has 1 aromatic carbocycles. The first-order valence-corrected chi connectivity index (χ1v) is 7.36. The van der Waals surface area contributed by atoms with Gasteiger partial charge in [-0.3, -0.25) is 4.79 Å². The summed E-state index contributed by atoms with van der Waals surface area (Å²) in [7, 11) is 3.12. The van der Waals surface area contributed by atoms with Crippen LogP contribution >= 0.6 is 12.4 Å². The number of ether oxygens (including phenoxy) is 2. The summed E-state index contributed by atoms with van der Waals surface area (Å²) in [5, 5.41) is 0. The van der Waals surface area contributed by atoms with E-state index in [2.05, 4.69) is 6.92 Å². The van der Waals surface area contributed by atoms with E-state index in [9.17, 15) is 4.79 Å². The summed E-state index contributed by atoms with van der Waals surface area (Å²) in [6, 6.07) is 5.45. The van der Waals surface area contributed by atoms with E-state index < -0.39 is 0 Å². The van der Waals surface area contributed by atoms with Crippen molar-refractivity contribution in [3.8, 4) is 11.5 Å². The molecule has 0 bridgehead atoms. The highest BCUT2D eigenvalue weighted by Gasteiger charge is 2.32. The average Bonchev–Trinajstić information content (AvgIpc) is 2.52. The topological polar surface area (TPSA) is 64.8 Å². The van der Waals surface area contributed by atoms with Crippen LogP contribution in [0.3, 0.4) is 0 Å². The van der Waals surface area contributed by atoms with E-state index in [0.717, 1.165) is 19.4 Å².